The van der Waals surface area contributed by atoms with Gasteiger partial charge in [0.05, 0.1) is 33.3 Å². The van der Waals surface area contributed by atoms with Crippen molar-refractivity contribution >= 4 is 23.2 Å². The van der Waals surface area contributed by atoms with Crippen LogP contribution >= 0.6 is 11.3 Å². The van der Waals surface area contributed by atoms with Gasteiger partial charge in [0, 0.05) is 31.6 Å². The predicted molar refractivity (Wildman–Crippen MR) is 182 cm³/mol. The molecule has 2 heterocycles. The number of hydrogen-bond donors (Lipinski definition) is 0. The lowest BCUT2D eigenvalue weighted by molar-refractivity contribution is -0.149. The summed E-state index contributed by atoms with van der Waals surface area (Å²) in [6, 6.07) is 24.3. The van der Waals surface area contributed by atoms with Crippen LogP contribution in [-0.4, -0.2) is 67.1 Å². The number of ether oxygens (including phenoxy) is 4. The molecule has 0 saturated carbocycles. The van der Waals surface area contributed by atoms with Gasteiger partial charge >= 0.3 is 5.97 Å². The van der Waals surface area contributed by atoms with Crippen molar-refractivity contribution < 1.29 is 28.5 Å². The van der Waals surface area contributed by atoms with Crippen molar-refractivity contribution in [2.45, 2.75) is 45.9 Å². The number of thiazole rings is 1. The van der Waals surface area contributed by atoms with Crippen LogP contribution in [0.25, 0.3) is 0 Å². The molecule has 0 bridgehead atoms. The largest absolute Gasteiger partial charge is 0.493 e. The summed E-state index contributed by atoms with van der Waals surface area (Å²) in [6.07, 6.45) is 2.02. The molecule has 0 radical (unpaired) electrons. The Labute approximate surface area is 281 Å². The Morgan fingerprint density at radius 2 is 1.62 bits per heavy atom. The van der Waals surface area contributed by atoms with Crippen LogP contribution in [0.2, 0.25) is 0 Å². The van der Waals surface area contributed by atoms with E-state index >= 15 is 0 Å². The minimum absolute atomic E-state index is 0.0854. The van der Waals surface area contributed by atoms with Crippen molar-refractivity contribution in [3.05, 3.63) is 106 Å². The number of nitrogens with zero attached hydrogens (tertiary/aromatic N) is 3. The number of likely N-dealkylation sites (tertiary alicyclic amines) is 1. The van der Waals surface area contributed by atoms with Crippen LogP contribution in [0, 0.1) is 5.92 Å². The predicted octanol–water partition coefficient (Wildman–Crippen LogP) is 6.40. The van der Waals surface area contributed by atoms with Crippen LogP contribution in [0.15, 0.2) is 78.2 Å². The van der Waals surface area contributed by atoms with Crippen molar-refractivity contribution in [2.24, 2.45) is 5.92 Å². The van der Waals surface area contributed by atoms with Crippen molar-refractivity contribution in [1.29, 1.82) is 0 Å². The van der Waals surface area contributed by atoms with Gasteiger partial charge in [-0.1, -0.05) is 48.5 Å². The number of carbonyl (C=O) groups is 2. The fourth-order valence-electron chi connectivity index (χ4n) is 5.64. The summed E-state index contributed by atoms with van der Waals surface area (Å²) >= 11 is 1.50. The highest BCUT2D eigenvalue weighted by Crippen LogP contribution is 2.28. The number of aromatic nitrogens is 1. The van der Waals surface area contributed by atoms with E-state index in [1.807, 2.05) is 54.8 Å². The van der Waals surface area contributed by atoms with E-state index in [-0.39, 0.29) is 17.8 Å². The zero-order valence-corrected chi connectivity index (χ0v) is 28.2. The molecular weight excluding hydrogens is 614 g/mol. The summed E-state index contributed by atoms with van der Waals surface area (Å²) < 4.78 is 22.1. The Balaban J connectivity index is 1.24. The summed E-state index contributed by atoms with van der Waals surface area (Å²) in [5, 5.41) is 2.73. The number of esters is 1. The third kappa shape index (κ3) is 9.56. The normalized spacial score (nSPS) is 13.4. The molecule has 3 aromatic carbocycles. The maximum absolute atomic E-state index is 13.3. The van der Waals surface area contributed by atoms with E-state index in [0.717, 1.165) is 40.4 Å². The van der Waals surface area contributed by atoms with Gasteiger partial charge in [-0.2, -0.15) is 0 Å². The van der Waals surface area contributed by atoms with E-state index in [1.165, 1.54) is 11.3 Å². The lowest BCUT2D eigenvalue weighted by Gasteiger charge is -2.30. The molecule has 47 heavy (non-hydrogen) atoms. The van der Waals surface area contributed by atoms with Gasteiger partial charge in [-0.25, -0.2) is 4.98 Å². The van der Waals surface area contributed by atoms with Crippen LogP contribution in [0.1, 0.15) is 52.0 Å². The molecule has 4 aromatic rings. The molecule has 0 spiro atoms. The summed E-state index contributed by atoms with van der Waals surface area (Å²) in [6.45, 7) is 5.83. The highest BCUT2D eigenvalue weighted by Gasteiger charge is 2.29. The van der Waals surface area contributed by atoms with Gasteiger partial charge in [-0.05, 0) is 67.1 Å². The second-order valence-electron chi connectivity index (χ2n) is 11.5. The zero-order chi connectivity index (χ0) is 33.0. The monoisotopic (exact) mass is 657 g/mol. The number of piperidine rings is 1. The van der Waals surface area contributed by atoms with E-state index in [1.54, 1.807) is 19.1 Å². The van der Waals surface area contributed by atoms with Gasteiger partial charge in [-0.15, -0.1) is 11.3 Å². The van der Waals surface area contributed by atoms with Crippen LogP contribution in [0.4, 0.5) is 0 Å². The zero-order valence-electron chi connectivity index (χ0n) is 27.4. The average molecular weight is 658 g/mol. The van der Waals surface area contributed by atoms with Crippen molar-refractivity contribution in [3.8, 4) is 17.2 Å². The van der Waals surface area contributed by atoms with E-state index < -0.39 is 0 Å². The quantitative estimate of drug-likeness (QED) is 0.136. The fourth-order valence-corrected chi connectivity index (χ4v) is 6.45. The minimum atomic E-state index is -0.168. The molecule has 0 atom stereocenters. The Bertz CT molecular complexity index is 1590. The molecule has 1 aromatic heterocycles. The van der Waals surface area contributed by atoms with Crippen molar-refractivity contribution in [1.82, 2.24) is 14.8 Å². The minimum Gasteiger partial charge on any atom is -0.493 e. The Morgan fingerprint density at radius 3 is 2.32 bits per heavy atom. The molecule has 0 unspecified atom stereocenters. The highest BCUT2D eigenvalue weighted by atomic mass is 32.1. The number of hydrogen-bond acceptors (Lipinski definition) is 9. The maximum Gasteiger partial charge on any atom is 0.309 e. The first kappa shape index (κ1) is 33.9. The Kier molecular flexibility index (Phi) is 12.2. The maximum atomic E-state index is 13.3. The molecule has 1 aliphatic heterocycles. The molecule has 1 fully saturated rings. The SMILES string of the molecule is CCOC(=O)C1CCN(C(=O)c2csc(CN(CCc3ccc(OC)c(OC)c3)Cc3ccc(OCc4ccccc4)cc3)n2)CC1. The first-order chi connectivity index (χ1) is 22.9. The van der Waals surface area contributed by atoms with Gasteiger partial charge in [0.1, 0.15) is 23.1 Å². The first-order valence-electron chi connectivity index (χ1n) is 16.0. The lowest BCUT2D eigenvalue weighted by atomic mass is 9.97. The first-order valence-corrected chi connectivity index (χ1v) is 16.9. The van der Waals surface area contributed by atoms with Gasteiger partial charge in [0.15, 0.2) is 11.5 Å². The van der Waals surface area contributed by atoms with Crippen LogP contribution in [-0.2, 0) is 35.6 Å². The molecule has 5 rings (SSSR count). The van der Waals surface area contributed by atoms with Crippen LogP contribution in [0.5, 0.6) is 17.2 Å². The Hall–Kier alpha value is -4.41. The number of amides is 1. The third-order valence-corrected chi connectivity index (χ3v) is 9.11. The molecule has 10 heteroatoms. The summed E-state index contributed by atoms with van der Waals surface area (Å²) in [5.74, 6) is 1.83. The summed E-state index contributed by atoms with van der Waals surface area (Å²) in [5.41, 5.74) is 3.87. The Morgan fingerprint density at radius 1 is 0.894 bits per heavy atom. The molecular formula is C37H43N3O6S. The van der Waals surface area contributed by atoms with Crippen LogP contribution < -0.4 is 14.2 Å². The summed E-state index contributed by atoms with van der Waals surface area (Å²) in [4.78, 5) is 34.3. The standard InChI is InChI=1S/C37H43N3O6S/c1-4-45-37(42)30-17-20-40(21-18-30)36(41)32-26-47-35(38-32)24-39(19-16-27-12-15-33(43-2)34(22-27)44-3)23-28-10-13-31(14-11-28)46-25-29-8-6-5-7-9-29/h5-15,22,26,30H,4,16-21,23-25H2,1-3H3. The van der Waals surface area contributed by atoms with Gasteiger partial charge in [-0.3, -0.25) is 14.5 Å². The van der Waals surface area contributed by atoms with Gasteiger partial charge in [0.25, 0.3) is 5.91 Å². The second kappa shape index (κ2) is 16.9. The lowest BCUT2D eigenvalue weighted by Crippen LogP contribution is -2.40. The molecule has 1 amide bonds. The van der Waals surface area contributed by atoms with Crippen molar-refractivity contribution in [2.75, 3.05) is 40.5 Å². The van der Waals surface area contributed by atoms with E-state index in [4.69, 9.17) is 23.9 Å². The molecule has 1 saturated heterocycles. The molecule has 9 nitrogen and oxygen atoms in total. The average Bonchev–Trinajstić information content (AvgIpc) is 3.59. The molecule has 0 N–H and O–H groups in total. The van der Waals surface area contributed by atoms with Crippen LogP contribution in [0.3, 0.4) is 0 Å². The second-order valence-corrected chi connectivity index (χ2v) is 12.5. The number of rotatable bonds is 15. The fraction of sp³-hybridized carbons (Fsp3) is 0.378. The summed E-state index contributed by atoms with van der Waals surface area (Å²) in [7, 11) is 3.28. The van der Waals surface area contributed by atoms with Gasteiger partial charge < -0.3 is 23.8 Å². The number of carbonyl (C=O) groups excluding carboxylic acids is 2. The number of benzene rings is 3. The third-order valence-electron chi connectivity index (χ3n) is 8.27. The van der Waals surface area contributed by atoms with E-state index in [9.17, 15) is 9.59 Å². The topological polar surface area (TPSA) is 90.4 Å². The smallest absolute Gasteiger partial charge is 0.309 e. The van der Waals surface area contributed by atoms with E-state index in [2.05, 4.69) is 35.2 Å². The molecule has 0 aliphatic carbocycles. The number of methoxy groups -OCH3 is 2. The van der Waals surface area contributed by atoms with Gasteiger partial charge in [0.2, 0.25) is 0 Å². The highest BCUT2D eigenvalue weighted by molar-refractivity contribution is 7.09. The van der Waals surface area contributed by atoms with E-state index in [0.29, 0.717) is 69.4 Å². The molecule has 248 valence electrons. The van der Waals surface area contributed by atoms with Crippen molar-refractivity contribution in [3.63, 3.8) is 0 Å². The molecule has 1 aliphatic rings.